The van der Waals surface area contributed by atoms with Gasteiger partial charge in [-0.3, -0.25) is 0 Å². The Hall–Kier alpha value is -0.0800. The van der Waals surface area contributed by atoms with Crippen LogP contribution in [0.1, 0.15) is 39.5 Å². The number of aliphatic hydroxyl groups excluding tert-OH is 1. The van der Waals surface area contributed by atoms with Gasteiger partial charge in [-0.1, -0.05) is 33.1 Å². The number of aliphatic hydroxyl groups is 1. The van der Waals surface area contributed by atoms with E-state index < -0.39 is 0 Å². The highest BCUT2D eigenvalue weighted by molar-refractivity contribution is 4.49. The molecule has 0 radical (unpaired) electrons. The second-order valence-electron chi connectivity index (χ2n) is 3.40. The molecule has 0 spiro atoms. The molecular formula is C10H22O2. The third kappa shape index (κ3) is 12.6. The SMILES string of the molecule is C1CO1.CCCCCC(C)CO. The Morgan fingerprint density at radius 3 is 2.25 bits per heavy atom. The molecule has 0 saturated carbocycles. The van der Waals surface area contributed by atoms with Gasteiger partial charge in [-0.25, -0.2) is 0 Å². The van der Waals surface area contributed by atoms with Gasteiger partial charge in [0.05, 0.1) is 13.2 Å². The molecule has 12 heavy (non-hydrogen) atoms. The van der Waals surface area contributed by atoms with Crippen molar-refractivity contribution in [3.63, 3.8) is 0 Å². The van der Waals surface area contributed by atoms with E-state index in [1.165, 1.54) is 25.7 Å². The van der Waals surface area contributed by atoms with E-state index in [2.05, 4.69) is 18.6 Å². The molecule has 1 rings (SSSR count). The molecule has 0 aromatic carbocycles. The monoisotopic (exact) mass is 174 g/mol. The van der Waals surface area contributed by atoms with E-state index in [1.54, 1.807) is 0 Å². The second kappa shape index (κ2) is 9.01. The molecule has 1 fully saturated rings. The summed E-state index contributed by atoms with van der Waals surface area (Å²) in [4.78, 5) is 0. The van der Waals surface area contributed by atoms with Crippen LogP contribution in [0.5, 0.6) is 0 Å². The first-order valence-electron chi connectivity index (χ1n) is 4.99. The molecule has 2 nitrogen and oxygen atoms in total. The first kappa shape index (κ1) is 11.9. The van der Waals surface area contributed by atoms with Crippen molar-refractivity contribution in [2.24, 2.45) is 5.92 Å². The summed E-state index contributed by atoms with van der Waals surface area (Å²) >= 11 is 0. The Labute approximate surface area is 75.9 Å². The van der Waals surface area contributed by atoms with Gasteiger partial charge in [0.2, 0.25) is 0 Å². The lowest BCUT2D eigenvalue weighted by Gasteiger charge is -2.04. The van der Waals surface area contributed by atoms with E-state index in [0.29, 0.717) is 12.5 Å². The molecule has 2 heteroatoms. The molecule has 0 aromatic rings. The Kier molecular flexibility index (Phi) is 8.95. The molecule has 0 aromatic heterocycles. The quantitative estimate of drug-likeness (QED) is 0.512. The Morgan fingerprint density at radius 2 is 1.92 bits per heavy atom. The summed E-state index contributed by atoms with van der Waals surface area (Å²) in [5.41, 5.74) is 0. The zero-order valence-electron chi connectivity index (χ0n) is 8.38. The van der Waals surface area contributed by atoms with Gasteiger partial charge in [-0.2, -0.15) is 0 Å². The number of rotatable bonds is 5. The van der Waals surface area contributed by atoms with Crippen LogP contribution < -0.4 is 0 Å². The van der Waals surface area contributed by atoms with Crippen LogP contribution in [0.3, 0.4) is 0 Å². The summed E-state index contributed by atoms with van der Waals surface area (Å²) in [7, 11) is 0. The summed E-state index contributed by atoms with van der Waals surface area (Å²) in [6, 6.07) is 0. The molecule has 1 atom stereocenters. The summed E-state index contributed by atoms with van der Waals surface area (Å²) in [5.74, 6) is 0.511. The normalized spacial score (nSPS) is 16.2. The molecule has 1 aliphatic heterocycles. The molecule has 1 heterocycles. The predicted octanol–water partition coefficient (Wildman–Crippen LogP) is 2.21. The second-order valence-corrected chi connectivity index (χ2v) is 3.40. The fraction of sp³-hybridized carbons (Fsp3) is 1.00. The minimum absolute atomic E-state index is 0.351. The van der Waals surface area contributed by atoms with Crippen LogP contribution in [0.4, 0.5) is 0 Å². The smallest absolute Gasteiger partial charge is 0.0701 e. The average Bonchev–Trinajstić information content (AvgIpc) is 2.90. The molecule has 1 N–H and O–H groups in total. The number of hydrogen-bond donors (Lipinski definition) is 1. The van der Waals surface area contributed by atoms with Crippen molar-refractivity contribution in [1.82, 2.24) is 0 Å². The highest BCUT2D eigenvalue weighted by Crippen LogP contribution is 2.07. The van der Waals surface area contributed by atoms with E-state index >= 15 is 0 Å². The van der Waals surface area contributed by atoms with Gasteiger partial charge in [0.25, 0.3) is 0 Å². The highest BCUT2D eigenvalue weighted by atomic mass is 16.6. The van der Waals surface area contributed by atoms with Crippen molar-refractivity contribution in [2.45, 2.75) is 39.5 Å². The van der Waals surface area contributed by atoms with Gasteiger partial charge in [-0.15, -0.1) is 0 Å². The first-order valence-corrected chi connectivity index (χ1v) is 4.99. The van der Waals surface area contributed by atoms with E-state index in [-0.39, 0.29) is 0 Å². The third-order valence-corrected chi connectivity index (χ3v) is 1.82. The van der Waals surface area contributed by atoms with E-state index in [1.807, 2.05) is 0 Å². The fourth-order valence-corrected chi connectivity index (χ4v) is 0.834. The van der Waals surface area contributed by atoms with Crippen molar-refractivity contribution in [3.8, 4) is 0 Å². The lowest BCUT2D eigenvalue weighted by Crippen LogP contribution is -1.99. The Balaban J connectivity index is 0.000000330. The average molecular weight is 174 g/mol. The van der Waals surface area contributed by atoms with Crippen molar-refractivity contribution in [1.29, 1.82) is 0 Å². The Bertz CT molecular complexity index is 79.2. The maximum Gasteiger partial charge on any atom is 0.0701 e. The molecule has 1 saturated heterocycles. The molecule has 1 unspecified atom stereocenters. The van der Waals surface area contributed by atoms with Crippen molar-refractivity contribution >= 4 is 0 Å². The molecule has 0 aliphatic carbocycles. The lowest BCUT2D eigenvalue weighted by atomic mass is 10.0. The summed E-state index contributed by atoms with van der Waals surface area (Å²) in [6.45, 7) is 6.64. The minimum Gasteiger partial charge on any atom is -0.396 e. The van der Waals surface area contributed by atoms with Crippen molar-refractivity contribution in [2.75, 3.05) is 19.8 Å². The van der Waals surface area contributed by atoms with Crippen LogP contribution in [0, 0.1) is 5.92 Å². The molecule has 0 bridgehead atoms. The maximum absolute atomic E-state index is 8.63. The maximum atomic E-state index is 8.63. The van der Waals surface area contributed by atoms with E-state index in [9.17, 15) is 0 Å². The van der Waals surface area contributed by atoms with Crippen LogP contribution in [0.25, 0.3) is 0 Å². The van der Waals surface area contributed by atoms with Gasteiger partial charge in [0, 0.05) is 6.61 Å². The first-order chi connectivity index (χ1) is 5.81. The van der Waals surface area contributed by atoms with Crippen LogP contribution in [-0.2, 0) is 4.74 Å². The van der Waals surface area contributed by atoms with Crippen LogP contribution in [-0.4, -0.2) is 24.9 Å². The van der Waals surface area contributed by atoms with E-state index in [0.717, 1.165) is 13.2 Å². The minimum atomic E-state index is 0.351. The summed E-state index contributed by atoms with van der Waals surface area (Å²) in [5, 5.41) is 8.63. The largest absolute Gasteiger partial charge is 0.396 e. The van der Waals surface area contributed by atoms with Crippen molar-refractivity contribution in [3.05, 3.63) is 0 Å². The van der Waals surface area contributed by atoms with Crippen LogP contribution in [0.15, 0.2) is 0 Å². The van der Waals surface area contributed by atoms with Crippen LogP contribution >= 0.6 is 0 Å². The van der Waals surface area contributed by atoms with E-state index in [4.69, 9.17) is 5.11 Å². The highest BCUT2D eigenvalue weighted by Gasteiger charge is 1.97. The Morgan fingerprint density at radius 1 is 1.33 bits per heavy atom. The standard InChI is InChI=1S/C8H18O.C2H4O/c1-3-4-5-6-8(2)7-9;1-2-3-1/h8-9H,3-7H2,1-2H3;1-2H2. The summed E-state index contributed by atoms with van der Waals surface area (Å²) < 4.78 is 4.50. The molecule has 74 valence electrons. The number of ether oxygens (including phenoxy) is 1. The molecule has 0 amide bonds. The van der Waals surface area contributed by atoms with Gasteiger partial charge in [0.1, 0.15) is 0 Å². The molecule has 1 aliphatic rings. The van der Waals surface area contributed by atoms with Gasteiger partial charge >= 0.3 is 0 Å². The zero-order chi connectivity index (χ0) is 9.23. The predicted molar refractivity (Wildman–Crippen MR) is 51.2 cm³/mol. The lowest BCUT2D eigenvalue weighted by molar-refractivity contribution is 0.227. The van der Waals surface area contributed by atoms with Gasteiger partial charge in [0.15, 0.2) is 0 Å². The summed E-state index contributed by atoms with van der Waals surface area (Å²) in [6.07, 6.45) is 5.05. The molecular weight excluding hydrogens is 152 g/mol. The van der Waals surface area contributed by atoms with Gasteiger partial charge < -0.3 is 9.84 Å². The van der Waals surface area contributed by atoms with Gasteiger partial charge in [-0.05, 0) is 12.3 Å². The van der Waals surface area contributed by atoms with Crippen molar-refractivity contribution < 1.29 is 9.84 Å². The topological polar surface area (TPSA) is 32.8 Å². The number of epoxide rings is 1. The fourth-order valence-electron chi connectivity index (χ4n) is 0.834. The third-order valence-electron chi connectivity index (χ3n) is 1.82. The zero-order valence-corrected chi connectivity index (χ0v) is 8.38. The number of unbranched alkanes of at least 4 members (excludes halogenated alkanes) is 2. The number of hydrogen-bond acceptors (Lipinski definition) is 2. The van der Waals surface area contributed by atoms with Crippen LogP contribution in [0.2, 0.25) is 0 Å².